The van der Waals surface area contributed by atoms with Crippen LogP contribution in [0.2, 0.25) is 0 Å². The summed E-state index contributed by atoms with van der Waals surface area (Å²) in [6.45, 7) is 3.89. The zero-order chi connectivity index (χ0) is 8.43. The summed E-state index contributed by atoms with van der Waals surface area (Å²) >= 11 is 0. The molecule has 0 unspecified atom stereocenters. The summed E-state index contributed by atoms with van der Waals surface area (Å²) in [6.07, 6.45) is 0. The summed E-state index contributed by atoms with van der Waals surface area (Å²) in [6, 6.07) is 3.86. The van der Waals surface area contributed by atoms with Gasteiger partial charge in [0.15, 0.2) is 0 Å². The van der Waals surface area contributed by atoms with E-state index < -0.39 is 0 Å². The second-order valence-electron chi connectivity index (χ2n) is 2.65. The highest BCUT2D eigenvalue weighted by molar-refractivity contribution is 5.60. The number of hydrogen-bond donors (Lipinski definition) is 2. The van der Waals surface area contributed by atoms with Gasteiger partial charge < -0.3 is 10.4 Å². The van der Waals surface area contributed by atoms with Gasteiger partial charge in [0.25, 0.3) is 0 Å². The topological polar surface area (TPSA) is 32.3 Å². The number of aromatic hydroxyl groups is 1. The standard InChI is InChI=1S/C9H13NO/c1-6-4-5-8(10-3)9(11)7(6)2/h4-5,10-11H,1-3H3. The van der Waals surface area contributed by atoms with Crippen molar-refractivity contribution in [2.24, 2.45) is 0 Å². The number of hydrogen-bond acceptors (Lipinski definition) is 2. The first-order valence-corrected chi connectivity index (χ1v) is 3.63. The number of rotatable bonds is 1. The minimum Gasteiger partial charge on any atom is -0.505 e. The molecule has 2 heteroatoms. The monoisotopic (exact) mass is 151 g/mol. The van der Waals surface area contributed by atoms with Crippen LogP contribution in [0.25, 0.3) is 0 Å². The van der Waals surface area contributed by atoms with E-state index in [1.807, 2.05) is 26.0 Å². The van der Waals surface area contributed by atoms with Crippen molar-refractivity contribution in [2.75, 3.05) is 12.4 Å². The second-order valence-corrected chi connectivity index (χ2v) is 2.65. The molecule has 0 heterocycles. The Morgan fingerprint density at radius 1 is 1.27 bits per heavy atom. The van der Waals surface area contributed by atoms with Gasteiger partial charge in [0.1, 0.15) is 5.75 Å². The van der Waals surface area contributed by atoms with Gasteiger partial charge in [-0.25, -0.2) is 0 Å². The van der Waals surface area contributed by atoms with Crippen LogP contribution in [-0.2, 0) is 0 Å². The van der Waals surface area contributed by atoms with E-state index >= 15 is 0 Å². The van der Waals surface area contributed by atoms with Gasteiger partial charge >= 0.3 is 0 Å². The van der Waals surface area contributed by atoms with E-state index in [0.717, 1.165) is 16.8 Å². The highest BCUT2D eigenvalue weighted by Crippen LogP contribution is 2.28. The lowest BCUT2D eigenvalue weighted by Crippen LogP contribution is -1.91. The predicted octanol–water partition coefficient (Wildman–Crippen LogP) is 2.05. The Balaban J connectivity index is 3.25. The van der Waals surface area contributed by atoms with Crippen molar-refractivity contribution >= 4 is 5.69 Å². The van der Waals surface area contributed by atoms with Crippen LogP contribution in [0.4, 0.5) is 5.69 Å². The maximum atomic E-state index is 9.52. The minimum atomic E-state index is 0.354. The van der Waals surface area contributed by atoms with E-state index in [0.29, 0.717) is 5.75 Å². The summed E-state index contributed by atoms with van der Waals surface area (Å²) in [5, 5.41) is 12.4. The maximum absolute atomic E-state index is 9.52. The smallest absolute Gasteiger partial charge is 0.141 e. The molecular weight excluding hydrogens is 138 g/mol. The van der Waals surface area contributed by atoms with E-state index in [2.05, 4.69) is 5.32 Å². The molecule has 0 saturated carbocycles. The molecule has 1 aromatic rings. The number of nitrogens with one attached hydrogen (secondary N) is 1. The van der Waals surface area contributed by atoms with Gasteiger partial charge in [-0.1, -0.05) is 6.07 Å². The fourth-order valence-electron chi connectivity index (χ4n) is 1.00. The molecule has 1 rings (SSSR count). The zero-order valence-electron chi connectivity index (χ0n) is 7.10. The first-order valence-electron chi connectivity index (χ1n) is 3.63. The van der Waals surface area contributed by atoms with Gasteiger partial charge in [0, 0.05) is 7.05 Å². The summed E-state index contributed by atoms with van der Waals surface area (Å²) in [7, 11) is 1.80. The molecule has 0 spiro atoms. The summed E-state index contributed by atoms with van der Waals surface area (Å²) in [5.41, 5.74) is 2.84. The largest absolute Gasteiger partial charge is 0.505 e. The Kier molecular flexibility index (Phi) is 2.03. The average Bonchev–Trinajstić information content (AvgIpc) is 2.01. The Morgan fingerprint density at radius 2 is 1.91 bits per heavy atom. The fourth-order valence-corrected chi connectivity index (χ4v) is 1.00. The Morgan fingerprint density at radius 3 is 2.45 bits per heavy atom. The minimum absolute atomic E-state index is 0.354. The van der Waals surface area contributed by atoms with Crippen molar-refractivity contribution in [1.29, 1.82) is 0 Å². The summed E-state index contributed by atoms with van der Waals surface area (Å²) in [4.78, 5) is 0. The van der Waals surface area contributed by atoms with Crippen molar-refractivity contribution in [3.8, 4) is 5.75 Å². The van der Waals surface area contributed by atoms with Crippen molar-refractivity contribution in [2.45, 2.75) is 13.8 Å². The average molecular weight is 151 g/mol. The molecule has 0 bridgehead atoms. The predicted molar refractivity (Wildman–Crippen MR) is 47.1 cm³/mol. The van der Waals surface area contributed by atoms with Crippen LogP contribution in [0, 0.1) is 13.8 Å². The highest BCUT2D eigenvalue weighted by Gasteiger charge is 2.03. The van der Waals surface area contributed by atoms with Crippen molar-refractivity contribution in [3.63, 3.8) is 0 Å². The van der Waals surface area contributed by atoms with Crippen LogP contribution in [0.1, 0.15) is 11.1 Å². The Labute approximate surface area is 66.9 Å². The molecule has 0 aliphatic heterocycles. The summed E-state index contributed by atoms with van der Waals surface area (Å²) in [5.74, 6) is 0.354. The molecule has 0 aliphatic rings. The molecule has 2 N–H and O–H groups in total. The third-order valence-corrected chi connectivity index (χ3v) is 1.97. The molecule has 0 radical (unpaired) electrons. The normalized spacial score (nSPS) is 9.73. The van der Waals surface area contributed by atoms with Gasteiger partial charge in [-0.15, -0.1) is 0 Å². The van der Waals surface area contributed by atoms with Gasteiger partial charge in [0.2, 0.25) is 0 Å². The SMILES string of the molecule is CNc1ccc(C)c(C)c1O. The van der Waals surface area contributed by atoms with Crippen LogP contribution < -0.4 is 5.32 Å². The lowest BCUT2D eigenvalue weighted by atomic mass is 10.1. The molecule has 1 aromatic carbocycles. The Bertz CT molecular complexity index is 269. The molecule has 2 nitrogen and oxygen atoms in total. The molecule has 0 aromatic heterocycles. The van der Waals surface area contributed by atoms with E-state index in [9.17, 15) is 5.11 Å². The van der Waals surface area contributed by atoms with Crippen LogP contribution in [0.15, 0.2) is 12.1 Å². The van der Waals surface area contributed by atoms with Gasteiger partial charge in [-0.05, 0) is 31.0 Å². The third-order valence-electron chi connectivity index (χ3n) is 1.97. The van der Waals surface area contributed by atoms with E-state index in [1.165, 1.54) is 0 Å². The summed E-state index contributed by atoms with van der Waals surface area (Å²) < 4.78 is 0. The fraction of sp³-hybridized carbons (Fsp3) is 0.333. The molecule has 0 atom stereocenters. The molecule has 0 saturated heterocycles. The third kappa shape index (κ3) is 1.29. The van der Waals surface area contributed by atoms with E-state index in [4.69, 9.17) is 0 Å². The quantitative estimate of drug-likeness (QED) is 0.602. The second kappa shape index (κ2) is 2.82. The van der Waals surface area contributed by atoms with Crippen LogP contribution >= 0.6 is 0 Å². The van der Waals surface area contributed by atoms with Crippen molar-refractivity contribution in [1.82, 2.24) is 0 Å². The molecule has 60 valence electrons. The molecule has 0 aliphatic carbocycles. The van der Waals surface area contributed by atoms with Crippen LogP contribution in [-0.4, -0.2) is 12.2 Å². The van der Waals surface area contributed by atoms with Crippen LogP contribution in [0.3, 0.4) is 0 Å². The van der Waals surface area contributed by atoms with Gasteiger partial charge in [0.05, 0.1) is 5.69 Å². The number of anilines is 1. The van der Waals surface area contributed by atoms with E-state index in [-0.39, 0.29) is 0 Å². The maximum Gasteiger partial charge on any atom is 0.141 e. The molecule has 0 fully saturated rings. The zero-order valence-corrected chi connectivity index (χ0v) is 7.10. The number of phenolic OH excluding ortho intramolecular Hbond substituents is 1. The highest BCUT2D eigenvalue weighted by atomic mass is 16.3. The van der Waals surface area contributed by atoms with Gasteiger partial charge in [-0.3, -0.25) is 0 Å². The number of aryl methyl sites for hydroxylation is 1. The van der Waals surface area contributed by atoms with Gasteiger partial charge in [-0.2, -0.15) is 0 Å². The molecular formula is C9H13NO. The van der Waals surface area contributed by atoms with Crippen LogP contribution in [0.5, 0.6) is 5.75 Å². The Hall–Kier alpha value is -1.18. The van der Waals surface area contributed by atoms with E-state index in [1.54, 1.807) is 7.05 Å². The lowest BCUT2D eigenvalue weighted by Gasteiger charge is -2.07. The first kappa shape index (κ1) is 7.92. The number of benzene rings is 1. The van der Waals surface area contributed by atoms with Crippen molar-refractivity contribution in [3.05, 3.63) is 23.3 Å². The lowest BCUT2D eigenvalue weighted by molar-refractivity contribution is 0.473. The van der Waals surface area contributed by atoms with Crippen molar-refractivity contribution < 1.29 is 5.11 Å². The molecule has 11 heavy (non-hydrogen) atoms. The molecule has 0 amide bonds. The first-order chi connectivity index (χ1) is 5.16. The number of phenols is 1.